The maximum absolute atomic E-state index is 13.7. The first-order valence-electron chi connectivity index (χ1n) is 5.06. The molecule has 0 amide bonds. The fourth-order valence-corrected chi connectivity index (χ4v) is 2.30. The van der Waals surface area contributed by atoms with E-state index >= 15 is 0 Å². The van der Waals surface area contributed by atoms with Crippen LogP contribution >= 0.6 is 34.8 Å². The summed E-state index contributed by atoms with van der Waals surface area (Å²) in [6.07, 6.45) is 1.35. The molecular formula is C12H9Cl3FN. The third-order valence-corrected chi connectivity index (χ3v) is 3.73. The molecule has 2 rings (SSSR count). The lowest BCUT2D eigenvalue weighted by Gasteiger charge is -2.13. The molecule has 0 N–H and O–H groups in total. The number of aryl methyl sites for hydroxylation is 1. The Bertz CT molecular complexity index is 535. The van der Waals surface area contributed by atoms with E-state index in [9.17, 15) is 4.39 Å². The Morgan fingerprint density at radius 3 is 2.59 bits per heavy atom. The van der Waals surface area contributed by atoms with Gasteiger partial charge >= 0.3 is 0 Å². The average Bonchev–Trinajstić information content (AvgIpc) is 2.27. The highest BCUT2D eigenvalue weighted by molar-refractivity contribution is 6.76. The van der Waals surface area contributed by atoms with Crippen LogP contribution < -0.4 is 0 Å². The second kappa shape index (κ2) is 4.97. The van der Waals surface area contributed by atoms with Gasteiger partial charge in [0.1, 0.15) is 10.9 Å². The van der Waals surface area contributed by atoms with E-state index in [1.807, 2.05) is 6.92 Å². The maximum Gasteiger partial charge on any atom is 0.150 e. The Morgan fingerprint density at radius 2 is 1.88 bits per heavy atom. The Balaban J connectivity index is 2.62. The smallest absolute Gasteiger partial charge is 0.150 e. The van der Waals surface area contributed by atoms with Crippen molar-refractivity contribution in [1.29, 1.82) is 0 Å². The highest BCUT2D eigenvalue weighted by atomic mass is 35.5. The number of benzene rings is 1. The third-order valence-electron chi connectivity index (χ3n) is 2.64. The van der Waals surface area contributed by atoms with Crippen LogP contribution in [0, 0.1) is 5.82 Å². The van der Waals surface area contributed by atoms with Crippen LogP contribution in [0.1, 0.15) is 18.9 Å². The minimum absolute atomic E-state index is 0.117. The number of aliphatic imine (C=N–C) groups is 1. The van der Waals surface area contributed by atoms with Crippen molar-refractivity contribution in [2.75, 3.05) is 0 Å². The van der Waals surface area contributed by atoms with Crippen molar-refractivity contribution in [3.63, 3.8) is 0 Å². The van der Waals surface area contributed by atoms with Gasteiger partial charge < -0.3 is 0 Å². The number of hydrogen-bond donors (Lipinski definition) is 0. The largest absolute Gasteiger partial charge is 0.232 e. The van der Waals surface area contributed by atoms with Crippen LogP contribution in [0.2, 0.25) is 5.02 Å². The van der Waals surface area contributed by atoms with Crippen molar-refractivity contribution >= 4 is 45.7 Å². The van der Waals surface area contributed by atoms with Gasteiger partial charge in [-0.2, -0.15) is 0 Å². The van der Waals surface area contributed by atoms with Crippen LogP contribution in [-0.2, 0) is 6.42 Å². The van der Waals surface area contributed by atoms with Crippen molar-refractivity contribution in [1.82, 2.24) is 0 Å². The van der Waals surface area contributed by atoms with Gasteiger partial charge in [-0.3, -0.25) is 0 Å². The van der Waals surface area contributed by atoms with E-state index in [1.54, 1.807) is 6.07 Å². The van der Waals surface area contributed by atoms with Gasteiger partial charge in [0, 0.05) is 5.02 Å². The molecule has 1 nitrogen and oxygen atoms in total. The van der Waals surface area contributed by atoms with Crippen LogP contribution in [0.3, 0.4) is 0 Å². The molecule has 0 aromatic heterocycles. The zero-order valence-corrected chi connectivity index (χ0v) is 11.3. The zero-order valence-electron chi connectivity index (χ0n) is 9.03. The van der Waals surface area contributed by atoms with E-state index in [2.05, 4.69) is 4.99 Å². The SMILES string of the molecule is CC1=C(Cl)C(Cl)=Nc2c(F)cc(Cl)cc2CC1. The van der Waals surface area contributed by atoms with E-state index < -0.39 is 5.82 Å². The van der Waals surface area contributed by atoms with Crippen molar-refractivity contribution < 1.29 is 4.39 Å². The number of hydrogen-bond acceptors (Lipinski definition) is 1. The van der Waals surface area contributed by atoms with Crippen LogP contribution in [-0.4, -0.2) is 5.17 Å². The summed E-state index contributed by atoms with van der Waals surface area (Å²) in [7, 11) is 0. The molecule has 0 bridgehead atoms. The molecule has 0 radical (unpaired) electrons. The normalized spacial score (nSPS) is 16.2. The first-order chi connectivity index (χ1) is 7.99. The summed E-state index contributed by atoms with van der Waals surface area (Å²) >= 11 is 17.8. The molecule has 1 aliphatic rings. The lowest BCUT2D eigenvalue weighted by molar-refractivity contribution is 0.627. The number of rotatable bonds is 0. The monoisotopic (exact) mass is 291 g/mol. The summed E-state index contributed by atoms with van der Waals surface area (Å²) in [5, 5.41) is 0.874. The predicted octanol–water partition coefficient (Wildman–Crippen LogP) is 5.21. The zero-order chi connectivity index (χ0) is 12.6. The topological polar surface area (TPSA) is 12.4 Å². The van der Waals surface area contributed by atoms with E-state index in [1.165, 1.54) is 6.07 Å². The van der Waals surface area contributed by atoms with Gasteiger partial charge in [-0.15, -0.1) is 0 Å². The molecule has 1 aliphatic heterocycles. The molecule has 0 unspecified atom stereocenters. The standard InChI is InChI=1S/C12H9Cl3FN/c1-6-2-3-7-4-8(13)5-9(16)11(7)17-12(15)10(6)14/h4-5H,2-3H2,1H3. The summed E-state index contributed by atoms with van der Waals surface area (Å²) in [5.74, 6) is -0.477. The molecule has 90 valence electrons. The Labute approximate surface area is 114 Å². The summed E-state index contributed by atoms with van der Waals surface area (Å²) < 4.78 is 13.7. The summed E-state index contributed by atoms with van der Waals surface area (Å²) in [5.41, 5.74) is 1.91. The highest BCUT2D eigenvalue weighted by Crippen LogP contribution is 2.33. The van der Waals surface area contributed by atoms with Crippen LogP contribution in [0.5, 0.6) is 0 Å². The maximum atomic E-state index is 13.7. The molecule has 0 saturated carbocycles. The lowest BCUT2D eigenvalue weighted by Crippen LogP contribution is -2.00. The van der Waals surface area contributed by atoms with Gasteiger partial charge in [-0.25, -0.2) is 9.38 Å². The highest BCUT2D eigenvalue weighted by Gasteiger charge is 2.16. The fraction of sp³-hybridized carbons (Fsp3) is 0.250. The predicted molar refractivity (Wildman–Crippen MR) is 71.2 cm³/mol. The summed E-state index contributed by atoms with van der Waals surface area (Å²) in [4.78, 5) is 4.03. The number of fused-ring (bicyclic) bond motifs is 1. The molecule has 0 atom stereocenters. The molecule has 0 aliphatic carbocycles. The van der Waals surface area contributed by atoms with Gasteiger partial charge in [0.15, 0.2) is 5.82 Å². The molecule has 1 heterocycles. The van der Waals surface area contributed by atoms with Gasteiger partial charge in [0.2, 0.25) is 0 Å². The summed E-state index contributed by atoms with van der Waals surface area (Å²) in [6.45, 7) is 1.88. The molecule has 1 aromatic carbocycles. The van der Waals surface area contributed by atoms with Gasteiger partial charge in [-0.05, 0) is 37.5 Å². The summed E-state index contributed by atoms with van der Waals surface area (Å²) in [6, 6.07) is 2.93. The van der Waals surface area contributed by atoms with Gasteiger partial charge in [-0.1, -0.05) is 40.4 Å². The fourth-order valence-electron chi connectivity index (χ4n) is 1.69. The van der Waals surface area contributed by atoms with E-state index in [0.717, 1.165) is 11.1 Å². The second-order valence-electron chi connectivity index (χ2n) is 3.89. The molecular weight excluding hydrogens is 283 g/mol. The quantitative estimate of drug-likeness (QED) is 0.622. The Hall–Kier alpha value is -0.570. The first-order valence-corrected chi connectivity index (χ1v) is 6.20. The minimum Gasteiger partial charge on any atom is -0.232 e. The second-order valence-corrected chi connectivity index (χ2v) is 5.06. The van der Waals surface area contributed by atoms with Crippen molar-refractivity contribution in [2.24, 2.45) is 4.99 Å². The average molecular weight is 293 g/mol. The molecule has 0 spiro atoms. The van der Waals surface area contributed by atoms with Crippen LogP contribution in [0.15, 0.2) is 27.7 Å². The van der Waals surface area contributed by atoms with Crippen LogP contribution in [0.25, 0.3) is 0 Å². The van der Waals surface area contributed by atoms with Crippen molar-refractivity contribution in [3.05, 3.63) is 39.1 Å². The molecule has 0 fully saturated rings. The molecule has 17 heavy (non-hydrogen) atoms. The van der Waals surface area contributed by atoms with Crippen LogP contribution in [0.4, 0.5) is 10.1 Å². The number of nitrogens with zero attached hydrogens (tertiary/aromatic N) is 1. The van der Waals surface area contributed by atoms with E-state index in [-0.39, 0.29) is 10.9 Å². The first kappa shape index (κ1) is 12.9. The number of halogens is 4. The Kier molecular flexibility index (Phi) is 3.76. The number of allylic oxidation sites excluding steroid dienone is 2. The van der Waals surface area contributed by atoms with Crippen molar-refractivity contribution in [3.8, 4) is 0 Å². The van der Waals surface area contributed by atoms with Gasteiger partial charge in [0.25, 0.3) is 0 Å². The minimum atomic E-state index is -0.477. The van der Waals surface area contributed by atoms with E-state index in [4.69, 9.17) is 34.8 Å². The molecule has 5 heteroatoms. The van der Waals surface area contributed by atoms with E-state index in [0.29, 0.717) is 22.9 Å². The molecule has 0 saturated heterocycles. The third kappa shape index (κ3) is 2.65. The van der Waals surface area contributed by atoms with Gasteiger partial charge in [0.05, 0.1) is 5.03 Å². The lowest BCUT2D eigenvalue weighted by atomic mass is 10.0. The molecule has 1 aromatic rings. The Morgan fingerprint density at radius 1 is 1.18 bits per heavy atom. The van der Waals surface area contributed by atoms with Crippen molar-refractivity contribution in [2.45, 2.75) is 19.8 Å².